The molecule has 1 aromatic carbocycles. The molecule has 3 N–H and O–H groups in total. The van der Waals surface area contributed by atoms with Gasteiger partial charge in [0.15, 0.2) is 0 Å². The molecule has 4 fully saturated rings. The van der Waals surface area contributed by atoms with Crippen LogP contribution in [0.25, 0.3) is 0 Å². The Labute approximate surface area is 311 Å². The Morgan fingerprint density at radius 2 is 1.75 bits per heavy atom. The lowest BCUT2D eigenvalue weighted by atomic mass is 9.85. The van der Waals surface area contributed by atoms with Gasteiger partial charge in [-0.15, -0.1) is 6.58 Å². The predicted molar refractivity (Wildman–Crippen MR) is 194 cm³/mol. The van der Waals surface area contributed by atoms with Crippen molar-refractivity contribution in [1.29, 1.82) is 0 Å². The number of hydrogen-bond acceptors (Lipinski definition) is 8. The molecular weight excluding hydrogens is 701 g/mol. The van der Waals surface area contributed by atoms with Gasteiger partial charge in [-0.25, -0.2) is 18.0 Å². The minimum Gasteiger partial charge on any atom is -0.444 e. The molecule has 15 heteroatoms. The van der Waals surface area contributed by atoms with E-state index in [-0.39, 0.29) is 31.5 Å². The van der Waals surface area contributed by atoms with Crippen LogP contribution in [0.2, 0.25) is 0 Å². The maximum Gasteiger partial charge on any atom is 0.410 e. The zero-order chi connectivity index (χ0) is 37.9. The molecule has 2 saturated carbocycles. The Bertz CT molecular complexity index is 1810. The minimum absolute atomic E-state index is 0.0490. The number of amides is 6. The van der Waals surface area contributed by atoms with E-state index in [1.165, 1.54) is 16.5 Å². The number of hydrogen-bond donors (Lipinski definition) is 3. The van der Waals surface area contributed by atoms with Crippen LogP contribution in [0.4, 0.5) is 9.59 Å². The fourth-order valence-corrected chi connectivity index (χ4v) is 9.95. The summed E-state index contributed by atoms with van der Waals surface area (Å²) in [6.45, 7) is 10.6. The van der Waals surface area contributed by atoms with Gasteiger partial charge in [0.25, 0.3) is 5.91 Å². The van der Waals surface area contributed by atoms with Gasteiger partial charge in [-0.05, 0) is 73.5 Å². The number of rotatable bonds is 6. The zero-order valence-electron chi connectivity index (χ0n) is 30.9. The number of fused-ring (bicyclic) bond motifs is 4. The molecular formula is C38H52N6O8S. The van der Waals surface area contributed by atoms with Crippen LogP contribution in [0.3, 0.4) is 0 Å². The summed E-state index contributed by atoms with van der Waals surface area (Å²) in [6.07, 6.45) is 6.43. The third kappa shape index (κ3) is 7.37. The van der Waals surface area contributed by atoms with Gasteiger partial charge in [-0.1, -0.05) is 51.5 Å². The SMILES string of the molecule is C=C[C@H]1C[C@]1(NC(=O)[C@@H]1C[C@@H]2CN1C(=O)[C@H](C(C)(C)C)NC(=O)N1CCC[C@H]1CCCCc1cccc3c1CN(C3)C(=O)O2)C(=O)NS(=O)(=O)C1CC1. The van der Waals surface area contributed by atoms with Crippen LogP contribution in [0.5, 0.6) is 0 Å². The lowest BCUT2D eigenvalue weighted by Gasteiger charge is -2.37. The molecule has 4 bridgehead atoms. The van der Waals surface area contributed by atoms with Crippen molar-refractivity contribution in [3.05, 3.63) is 47.5 Å². The molecule has 0 spiro atoms. The molecule has 2 saturated heterocycles. The predicted octanol–water partition coefficient (Wildman–Crippen LogP) is 3.09. The molecule has 6 amide bonds. The van der Waals surface area contributed by atoms with Gasteiger partial charge in [-0.2, -0.15) is 0 Å². The highest BCUT2D eigenvalue weighted by molar-refractivity contribution is 7.91. The van der Waals surface area contributed by atoms with Crippen LogP contribution >= 0.6 is 0 Å². The van der Waals surface area contributed by atoms with Crippen LogP contribution < -0.4 is 15.4 Å². The molecule has 1 aromatic rings. The normalized spacial score (nSPS) is 30.7. The van der Waals surface area contributed by atoms with E-state index in [0.29, 0.717) is 32.5 Å². The second-order valence-corrected chi connectivity index (χ2v) is 18.8. The van der Waals surface area contributed by atoms with Gasteiger partial charge in [0, 0.05) is 38.0 Å². The van der Waals surface area contributed by atoms with Crippen molar-refractivity contribution in [1.82, 2.24) is 30.1 Å². The van der Waals surface area contributed by atoms with E-state index in [4.69, 9.17) is 4.74 Å². The van der Waals surface area contributed by atoms with Crippen LogP contribution in [0.15, 0.2) is 30.9 Å². The van der Waals surface area contributed by atoms with E-state index in [9.17, 15) is 32.4 Å². The first-order valence-corrected chi connectivity index (χ1v) is 20.6. The van der Waals surface area contributed by atoms with Crippen molar-refractivity contribution in [2.45, 2.75) is 133 Å². The molecule has 7 rings (SSSR count). The van der Waals surface area contributed by atoms with Crippen molar-refractivity contribution in [3.8, 4) is 0 Å². The summed E-state index contributed by atoms with van der Waals surface area (Å²) in [5, 5.41) is 5.16. The highest BCUT2D eigenvalue weighted by Crippen LogP contribution is 2.45. The molecule has 53 heavy (non-hydrogen) atoms. The van der Waals surface area contributed by atoms with Gasteiger partial charge >= 0.3 is 12.1 Å². The summed E-state index contributed by atoms with van der Waals surface area (Å²) >= 11 is 0. The van der Waals surface area contributed by atoms with Crippen molar-refractivity contribution in [3.63, 3.8) is 0 Å². The molecule has 0 radical (unpaired) electrons. The first-order valence-electron chi connectivity index (χ1n) is 19.0. The Morgan fingerprint density at radius 1 is 1.02 bits per heavy atom. The largest absolute Gasteiger partial charge is 0.444 e. The first kappa shape index (κ1) is 37.2. The first-order chi connectivity index (χ1) is 25.1. The molecule has 6 aliphatic rings. The minimum atomic E-state index is -3.90. The quantitative estimate of drug-likeness (QED) is 0.372. The average molecular weight is 753 g/mol. The molecule has 6 atom stereocenters. The lowest BCUT2D eigenvalue weighted by molar-refractivity contribution is -0.142. The number of carbonyl (C=O) groups is 5. The molecule has 4 heterocycles. The van der Waals surface area contributed by atoms with Crippen LogP contribution in [0, 0.1) is 11.3 Å². The Kier molecular flexibility index (Phi) is 9.77. The number of benzene rings is 1. The van der Waals surface area contributed by atoms with Gasteiger partial charge in [0.05, 0.1) is 11.8 Å². The summed E-state index contributed by atoms with van der Waals surface area (Å²) in [4.78, 5) is 74.8. The van der Waals surface area contributed by atoms with E-state index in [1.54, 1.807) is 4.90 Å². The van der Waals surface area contributed by atoms with Gasteiger partial charge in [-0.3, -0.25) is 24.0 Å². The summed E-state index contributed by atoms with van der Waals surface area (Å²) in [5.41, 5.74) is 1.05. The third-order valence-corrected chi connectivity index (χ3v) is 13.8. The number of urea groups is 1. The fraction of sp³-hybridized carbons (Fsp3) is 0.658. The topological polar surface area (TPSA) is 175 Å². The van der Waals surface area contributed by atoms with Crippen LogP contribution in [0.1, 0.15) is 95.2 Å². The fourth-order valence-electron chi connectivity index (χ4n) is 8.59. The molecule has 14 nitrogen and oxygen atoms in total. The number of ether oxygens (including phenoxy) is 1. The van der Waals surface area contributed by atoms with E-state index in [1.807, 2.05) is 37.8 Å². The van der Waals surface area contributed by atoms with Gasteiger partial charge in [0.1, 0.15) is 23.7 Å². The number of sulfonamides is 1. The number of aryl methyl sites for hydroxylation is 1. The maximum atomic E-state index is 14.6. The Morgan fingerprint density at radius 3 is 2.45 bits per heavy atom. The average Bonchev–Trinajstić information content (AvgIpc) is 3.91. The Balaban J connectivity index is 1.18. The molecule has 0 unspecified atom stereocenters. The maximum absolute atomic E-state index is 14.6. The summed E-state index contributed by atoms with van der Waals surface area (Å²) in [7, 11) is -3.90. The number of carbonyl (C=O) groups excluding carboxylic acids is 5. The third-order valence-electron chi connectivity index (χ3n) is 12.0. The monoisotopic (exact) mass is 752 g/mol. The van der Waals surface area contributed by atoms with Crippen LogP contribution in [-0.4, -0.2) is 101 Å². The number of nitrogens with one attached hydrogen (secondary N) is 3. The van der Waals surface area contributed by atoms with E-state index < -0.39 is 74.1 Å². The van der Waals surface area contributed by atoms with E-state index >= 15 is 0 Å². The second-order valence-electron chi connectivity index (χ2n) is 16.8. The molecule has 4 aliphatic heterocycles. The lowest BCUT2D eigenvalue weighted by Crippen LogP contribution is -2.61. The standard InChI is InChI=1S/C38H52N6O8S/c1-5-25-19-38(25,34(47)41-53(50,51)28-15-16-28)40-32(45)30-18-27-21-44(30)33(46)31(37(2,3)4)39-35(48)43-17-9-14-26(43)13-7-6-10-23-11-8-12-24-20-42(22-29(23)24)36(49)52-27/h5,8,11-12,25-28,30-31H,1,6-7,9-10,13-22H2,2-4H3,(H,39,48)(H,40,45)(H,41,47)/t25-,26+,27+,30-,31+,38+/m0/s1. The second kappa shape index (κ2) is 13.9. The molecule has 2 aliphatic carbocycles. The van der Waals surface area contributed by atoms with Crippen molar-refractivity contribution < 1.29 is 37.1 Å². The van der Waals surface area contributed by atoms with Crippen molar-refractivity contribution >= 4 is 39.9 Å². The van der Waals surface area contributed by atoms with E-state index in [0.717, 1.165) is 49.7 Å². The van der Waals surface area contributed by atoms with E-state index in [2.05, 4.69) is 28.0 Å². The number of nitrogens with zero attached hydrogens (tertiary/aromatic N) is 3. The highest BCUT2D eigenvalue weighted by atomic mass is 32.2. The summed E-state index contributed by atoms with van der Waals surface area (Å²) in [5.74, 6) is -2.56. The van der Waals surface area contributed by atoms with Gasteiger partial charge < -0.3 is 25.2 Å². The summed E-state index contributed by atoms with van der Waals surface area (Å²) < 4.78 is 33.6. The zero-order valence-corrected chi connectivity index (χ0v) is 31.7. The smallest absolute Gasteiger partial charge is 0.410 e. The Hall–Kier alpha value is -4.14. The summed E-state index contributed by atoms with van der Waals surface area (Å²) in [6, 6.07) is 3.65. The van der Waals surface area contributed by atoms with Crippen molar-refractivity contribution in [2.75, 3.05) is 13.1 Å². The van der Waals surface area contributed by atoms with Crippen LogP contribution in [-0.2, 0) is 48.7 Å². The molecule has 0 aromatic heterocycles. The van der Waals surface area contributed by atoms with Crippen molar-refractivity contribution in [2.24, 2.45) is 11.3 Å². The highest BCUT2D eigenvalue weighted by Gasteiger charge is 2.62. The molecule has 288 valence electrons. The van der Waals surface area contributed by atoms with Gasteiger partial charge in [0.2, 0.25) is 21.8 Å².